The summed E-state index contributed by atoms with van der Waals surface area (Å²) in [7, 11) is 1.36. The number of benzene rings is 2. The molecule has 0 spiro atoms. The Hall–Kier alpha value is -4.08. The van der Waals surface area contributed by atoms with E-state index < -0.39 is 28.7 Å². The van der Waals surface area contributed by atoms with Gasteiger partial charge in [-0.15, -0.1) is 0 Å². The molecule has 0 bridgehead atoms. The number of urea groups is 1. The van der Waals surface area contributed by atoms with Crippen LogP contribution in [0.25, 0.3) is 0 Å². The molecule has 29 heavy (non-hydrogen) atoms. The van der Waals surface area contributed by atoms with Crippen LogP contribution in [0.4, 0.5) is 21.9 Å². The Morgan fingerprint density at radius 3 is 2.59 bits per heavy atom. The van der Waals surface area contributed by atoms with Crippen molar-refractivity contribution in [3.63, 3.8) is 0 Å². The van der Waals surface area contributed by atoms with E-state index in [1.165, 1.54) is 19.2 Å². The molecule has 2 aromatic carbocycles. The van der Waals surface area contributed by atoms with Gasteiger partial charge < -0.3 is 4.74 Å². The van der Waals surface area contributed by atoms with Crippen LogP contribution < -0.4 is 15.0 Å². The third kappa shape index (κ3) is 3.81. The number of aryl methyl sites for hydroxylation is 1. The largest absolute Gasteiger partial charge is 0.494 e. The lowest BCUT2D eigenvalue weighted by Crippen LogP contribution is -2.58. The van der Waals surface area contributed by atoms with Crippen LogP contribution in [0.1, 0.15) is 5.56 Å². The zero-order valence-corrected chi connectivity index (χ0v) is 15.5. The fraction of sp³-hybridized carbons (Fsp3) is 0.158. The van der Waals surface area contributed by atoms with Crippen molar-refractivity contribution < 1.29 is 24.0 Å². The van der Waals surface area contributed by atoms with Crippen molar-refractivity contribution in [2.75, 3.05) is 12.0 Å². The minimum Gasteiger partial charge on any atom is -0.494 e. The minimum atomic E-state index is -1.39. The molecular formula is C19H16N4O6. The average Bonchev–Trinajstić information content (AvgIpc) is 2.68. The molecule has 0 aromatic heterocycles. The van der Waals surface area contributed by atoms with E-state index in [1.54, 1.807) is 31.2 Å². The molecule has 1 N–H and O–H groups in total. The number of barbiturate groups is 1. The van der Waals surface area contributed by atoms with E-state index in [4.69, 9.17) is 4.74 Å². The molecule has 1 fully saturated rings. The second-order valence-electron chi connectivity index (χ2n) is 6.12. The lowest BCUT2D eigenvalue weighted by atomic mass is 10.0. The Labute approximate surface area is 164 Å². The number of anilines is 1. The summed E-state index contributed by atoms with van der Waals surface area (Å²) in [6.07, 6.45) is 1.04. The SMILES string of the molecule is COc1ccc([N+](=O)[O-])cc1N=C[C@H]1C(=O)NC(=O)N(c2ccccc2C)C1=O. The smallest absolute Gasteiger partial charge is 0.335 e. The molecule has 3 rings (SSSR count). The molecule has 0 radical (unpaired) electrons. The quantitative estimate of drug-likeness (QED) is 0.357. The van der Waals surface area contributed by atoms with E-state index in [-0.39, 0.29) is 17.1 Å². The zero-order valence-electron chi connectivity index (χ0n) is 15.5. The van der Waals surface area contributed by atoms with Gasteiger partial charge in [0.25, 0.3) is 11.6 Å². The van der Waals surface area contributed by atoms with Crippen molar-refractivity contribution in [2.45, 2.75) is 6.92 Å². The van der Waals surface area contributed by atoms with Crippen LogP contribution in [0.5, 0.6) is 5.75 Å². The summed E-state index contributed by atoms with van der Waals surface area (Å²) in [6.45, 7) is 1.73. The second kappa shape index (κ2) is 7.89. The monoisotopic (exact) mass is 396 g/mol. The third-order valence-corrected chi connectivity index (χ3v) is 4.29. The van der Waals surface area contributed by atoms with Crippen LogP contribution in [-0.4, -0.2) is 36.1 Å². The number of amides is 4. The predicted molar refractivity (Wildman–Crippen MR) is 103 cm³/mol. The molecule has 0 unspecified atom stereocenters. The van der Waals surface area contributed by atoms with Crippen molar-refractivity contribution in [1.29, 1.82) is 0 Å². The maximum Gasteiger partial charge on any atom is 0.335 e. The van der Waals surface area contributed by atoms with Gasteiger partial charge in [-0.05, 0) is 24.6 Å². The maximum atomic E-state index is 12.9. The number of non-ortho nitro benzene ring substituents is 1. The highest BCUT2D eigenvalue weighted by Crippen LogP contribution is 2.32. The first-order valence-corrected chi connectivity index (χ1v) is 8.44. The van der Waals surface area contributed by atoms with E-state index in [0.717, 1.165) is 17.2 Å². The van der Waals surface area contributed by atoms with Gasteiger partial charge in [0.2, 0.25) is 5.91 Å². The number of carbonyl (C=O) groups excluding carboxylic acids is 3. The van der Waals surface area contributed by atoms with E-state index in [2.05, 4.69) is 10.3 Å². The molecule has 10 heteroatoms. The number of methoxy groups -OCH3 is 1. The zero-order chi connectivity index (χ0) is 21.1. The van der Waals surface area contributed by atoms with Gasteiger partial charge in [-0.3, -0.25) is 30.0 Å². The highest BCUT2D eigenvalue weighted by Gasteiger charge is 2.40. The van der Waals surface area contributed by atoms with Crippen molar-refractivity contribution in [3.05, 3.63) is 58.1 Å². The number of nitrogens with one attached hydrogen (secondary N) is 1. The van der Waals surface area contributed by atoms with E-state index in [0.29, 0.717) is 11.3 Å². The highest BCUT2D eigenvalue weighted by molar-refractivity contribution is 6.32. The minimum absolute atomic E-state index is 0.0710. The molecule has 1 aliphatic heterocycles. The molecule has 0 aliphatic carbocycles. The van der Waals surface area contributed by atoms with Gasteiger partial charge in [0.1, 0.15) is 11.4 Å². The number of para-hydroxylation sites is 1. The molecule has 0 saturated carbocycles. The van der Waals surface area contributed by atoms with Crippen molar-refractivity contribution in [1.82, 2.24) is 5.32 Å². The summed E-state index contributed by atoms with van der Waals surface area (Å²) < 4.78 is 5.11. The van der Waals surface area contributed by atoms with Crippen molar-refractivity contribution in [3.8, 4) is 5.75 Å². The first-order chi connectivity index (χ1) is 13.8. The number of ether oxygens (including phenoxy) is 1. The number of aliphatic imine (C=N–C) groups is 1. The highest BCUT2D eigenvalue weighted by atomic mass is 16.6. The summed E-state index contributed by atoms with van der Waals surface area (Å²) in [5.74, 6) is -2.78. The number of hydrogen-bond donors (Lipinski definition) is 1. The summed E-state index contributed by atoms with van der Waals surface area (Å²) in [4.78, 5) is 52.6. The first kappa shape index (κ1) is 19.7. The number of nitrogens with zero attached hydrogens (tertiary/aromatic N) is 3. The number of imide groups is 2. The maximum absolute atomic E-state index is 12.9. The topological polar surface area (TPSA) is 131 Å². The first-order valence-electron chi connectivity index (χ1n) is 8.44. The Kier molecular flexibility index (Phi) is 5.35. The van der Waals surface area contributed by atoms with E-state index >= 15 is 0 Å². The van der Waals surface area contributed by atoms with Gasteiger partial charge in [-0.1, -0.05) is 18.2 Å². The van der Waals surface area contributed by atoms with Crippen LogP contribution in [0, 0.1) is 23.0 Å². The lowest BCUT2D eigenvalue weighted by Gasteiger charge is -2.29. The van der Waals surface area contributed by atoms with Gasteiger partial charge in [-0.2, -0.15) is 0 Å². The average molecular weight is 396 g/mol. The number of nitro groups is 1. The third-order valence-electron chi connectivity index (χ3n) is 4.29. The second-order valence-corrected chi connectivity index (χ2v) is 6.12. The molecule has 1 aliphatic rings. The molecule has 1 saturated heterocycles. The fourth-order valence-electron chi connectivity index (χ4n) is 2.81. The van der Waals surface area contributed by atoms with E-state index in [1.807, 2.05) is 0 Å². The summed E-state index contributed by atoms with van der Waals surface area (Å²) in [5.41, 5.74) is 0.853. The van der Waals surface area contributed by atoms with Gasteiger partial charge in [0.15, 0.2) is 5.92 Å². The van der Waals surface area contributed by atoms with Gasteiger partial charge in [0.05, 0.1) is 17.7 Å². The Bertz CT molecular complexity index is 1050. The molecule has 4 amide bonds. The van der Waals surface area contributed by atoms with Gasteiger partial charge >= 0.3 is 6.03 Å². The van der Waals surface area contributed by atoms with Crippen LogP contribution in [0.3, 0.4) is 0 Å². The summed E-state index contributed by atoms with van der Waals surface area (Å²) in [6, 6.07) is 9.63. The van der Waals surface area contributed by atoms with E-state index in [9.17, 15) is 24.5 Å². The Balaban J connectivity index is 1.96. The number of carbonyl (C=O) groups is 3. The van der Waals surface area contributed by atoms with Gasteiger partial charge in [-0.25, -0.2) is 9.69 Å². The Morgan fingerprint density at radius 2 is 1.93 bits per heavy atom. The number of hydrogen-bond acceptors (Lipinski definition) is 7. The number of rotatable bonds is 5. The lowest BCUT2D eigenvalue weighted by molar-refractivity contribution is -0.384. The van der Waals surface area contributed by atoms with Crippen LogP contribution >= 0.6 is 0 Å². The summed E-state index contributed by atoms with van der Waals surface area (Å²) >= 11 is 0. The standard InChI is InChI=1S/C19H16N4O6/c1-11-5-3-4-6-15(11)22-18(25)13(17(24)21-19(22)26)10-20-14-9-12(23(27)28)7-8-16(14)29-2/h3-10,13H,1-2H3,(H,21,24,26)/t13-/m0/s1. The molecular weight excluding hydrogens is 380 g/mol. The van der Waals surface area contributed by atoms with Crippen LogP contribution in [0.2, 0.25) is 0 Å². The molecule has 2 aromatic rings. The van der Waals surface area contributed by atoms with Crippen LogP contribution in [0.15, 0.2) is 47.5 Å². The molecule has 10 nitrogen and oxygen atoms in total. The van der Waals surface area contributed by atoms with Crippen LogP contribution in [-0.2, 0) is 9.59 Å². The molecule has 1 heterocycles. The fourth-order valence-corrected chi connectivity index (χ4v) is 2.81. The van der Waals surface area contributed by atoms with Gasteiger partial charge in [0, 0.05) is 18.3 Å². The molecule has 148 valence electrons. The van der Waals surface area contributed by atoms with Crippen molar-refractivity contribution in [2.24, 2.45) is 10.9 Å². The number of nitro benzene ring substituents is 1. The van der Waals surface area contributed by atoms with Crippen molar-refractivity contribution >= 4 is 41.1 Å². The summed E-state index contributed by atoms with van der Waals surface area (Å²) in [5, 5.41) is 13.1. The Morgan fingerprint density at radius 1 is 1.21 bits per heavy atom. The predicted octanol–water partition coefficient (Wildman–Crippen LogP) is 2.51. The molecule has 1 atom stereocenters. The normalized spacial score (nSPS) is 16.8.